The first-order valence-electron chi connectivity index (χ1n) is 6.90. The van der Waals surface area contributed by atoms with E-state index in [0.717, 1.165) is 6.08 Å². The number of carboxylic acids is 1. The Morgan fingerprint density at radius 3 is 2.65 bits per heavy atom. The van der Waals surface area contributed by atoms with Crippen molar-refractivity contribution in [3.05, 3.63) is 24.5 Å². The van der Waals surface area contributed by atoms with Crippen LogP contribution in [0.2, 0.25) is 0 Å². The average molecular weight is 331 g/mol. The first-order chi connectivity index (χ1) is 10.8. The average Bonchev–Trinajstić information content (AvgIpc) is 2.51. The molecule has 0 aliphatic carbocycles. The smallest absolute Gasteiger partial charge is 0.370 e. The van der Waals surface area contributed by atoms with Crippen LogP contribution in [0.15, 0.2) is 24.5 Å². The number of hydrogen-bond acceptors (Lipinski definition) is 7. The van der Waals surface area contributed by atoms with Gasteiger partial charge < -0.3 is 35.2 Å². The fourth-order valence-electron chi connectivity index (χ4n) is 2.16. The molecule has 0 bridgehead atoms. The van der Waals surface area contributed by atoms with Crippen LogP contribution in [-0.4, -0.2) is 76.0 Å². The monoisotopic (exact) mass is 331 g/mol. The lowest BCUT2D eigenvalue weighted by Crippen LogP contribution is -2.60. The minimum absolute atomic E-state index is 0.0650. The molecular formula is C14H21NO8. The molecule has 9 heteroatoms. The molecule has 1 amide bonds. The normalized spacial score (nSPS) is 26.4. The number of carbonyl (C=O) groups is 2. The number of aliphatic hydroxyl groups is 3. The van der Waals surface area contributed by atoms with Crippen LogP contribution in [0.25, 0.3) is 0 Å². The van der Waals surface area contributed by atoms with Gasteiger partial charge in [0.05, 0.1) is 19.3 Å². The Hall–Kier alpha value is -1.94. The van der Waals surface area contributed by atoms with E-state index in [-0.39, 0.29) is 6.61 Å². The van der Waals surface area contributed by atoms with E-state index in [4.69, 9.17) is 19.7 Å². The Morgan fingerprint density at radius 2 is 2.17 bits per heavy atom. The molecule has 130 valence electrons. The summed E-state index contributed by atoms with van der Waals surface area (Å²) < 4.78 is 10.6. The molecule has 1 aliphatic rings. The van der Waals surface area contributed by atoms with Gasteiger partial charge in [0.1, 0.15) is 18.3 Å². The number of ether oxygens (including phenoxy) is 2. The third-order valence-electron chi connectivity index (χ3n) is 3.19. The second kappa shape index (κ2) is 8.63. The van der Waals surface area contributed by atoms with E-state index in [1.165, 1.54) is 13.0 Å². The van der Waals surface area contributed by atoms with Crippen molar-refractivity contribution in [2.75, 3.05) is 13.2 Å². The van der Waals surface area contributed by atoms with Gasteiger partial charge in [-0.25, -0.2) is 4.79 Å². The van der Waals surface area contributed by atoms with Crippen molar-refractivity contribution in [3.63, 3.8) is 0 Å². The molecule has 5 N–H and O–H groups in total. The molecule has 9 nitrogen and oxygen atoms in total. The van der Waals surface area contributed by atoms with E-state index in [9.17, 15) is 19.8 Å². The van der Waals surface area contributed by atoms with Gasteiger partial charge >= 0.3 is 5.97 Å². The van der Waals surface area contributed by atoms with E-state index in [2.05, 4.69) is 11.9 Å². The lowest BCUT2D eigenvalue weighted by molar-refractivity contribution is -0.151. The summed E-state index contributed by atoms with van der Waals surface area (Å²) >= 11 is 0. The van der Waals surface area contributed by atoms with Gasteiger partial charge in [-0.15, -0.1) is 6.58 Å². The van der Waals surface area contributed by atoms with E-state index in [1.54, 1.807) is 0 Å². The highest BCUT2D eigenvalue weighted by atomic mass is 16.5. The van der Waals surface area contributed by atoms with Crippen LogP contribution in [-0.2, 0) is 19.1 Å². The summed E-state index contributed by atoms with van der Waals surface area (Å²) in [7, 11) is 0. The predicted molar refractivity (Wildman–Crippen MR) is 77.2 cm³/mol. The Kier molecular flexibility index (Phi) is 7.17. The van der Waals surface area contributed by atoms with Gasteiger partial charge in [-0.1, -0.05) is 6.08 Å². The predicted octanol–water partition coefficient (Wildman–Crippen LogP) is -1.86. The number of aliphatic hydroxyl groups excluding tert-OH is 3. The summed E-state index contributed by atoms with van der Waals surface area (Å²) in [5, 5.41) is 40.2. The molecular weight excluding hydrogens is 310 g/mol. The molecule has 0 aromatic carbocycles. The zero-order valence-electron chi connectivity index (χ0n) is 12.6. The van der Waals surface area contributed by atoms with Gasteiger partial charge in [0, 0.05) is 6.92 Å². The summed E-state index contributed by atoms with van der Waals surface area (Å²) in [4.78, 5) is 22.5. The Morgan fingerprint density at radius 1 is 1.52 bits per heavy atom. The summed E-state index contributed by atoms with van der Waals surface area (Å²) in [6.07, 6.45) is -2.89. The summed E-state index contributed by atoms with van der Waals surface area (Å²) in [6, 6.07) is -0.966. The largest absolute Gasteiger partial charge is 0.478 e. The van der Waals surface area contributed by atoms with Crippen LogP contribution in [0.4, 0.5) is 0 Å². The fourth-order valence-corrected chi connectivity index (χ4v) is 2.16. The van der Waals surface area contributed by atoms with Crippen LogP contribution in [0.3, 0.4) is 0 Å². The van der Waals surface area contributed by atoms with Gasteiger partial charge in [-0.3, -0.25) is 4.79 Å². The minimum Gasteiger partial charge on any atom is -0.478 e. The molecule has 0 radical (unpaired) electrons. The highest BCUT2D eigenvalue weighted by molar-refractivity contribution is 5.84. The third-order valence-corrected chi connectivity index (χ3v) is 3.19. The van der Waals surface area contributed by atoms with Crippen LogP contribution in [0.5, 0.6) is 0 Å². The van der Waals surface area contributed by atoms with Crippen molar-refractivity contribution in [2.45, 2.75) is 37.4 Å². The highest BCUT2D eigenvalue weighted by Gasteiger charge is 2.43. The van der Waals surface area contributed by atoms with Gasteiger partial charge in [0.2, 0.25) is 11.7 Å². The number of carboxylic acid groups (broad SMARTS) is 1. The molecule has 0 saturated carbocycles. The zero-order valence-corrected chi connectivity index (χ0v) is 12.6. The molecule has 0 saturated heterocycles. The second-order valence-electron chi connectivity index (χ2n) is 4.97. The van der Waals surface area contributed by atoms with E-state index >= 15 is 0 Å². The van der Waals surface area contributed by atoms with Crippen molar-refractivity contribution in [1.82, 2.24) is 5.32 Å². The molecule has 0 fully saturated rings. The maximum absolute atomic E-state index is 11.4. The maximum Gasteiger partial charge on any atom is 0.370 e. The van der Waals surface area contributed by atoms with Crippen LogP contribution >= 0.6 is 0 Å². The molecule has 1 aliphatic heterocycles. The van der Waals surface area contributed by atoms with Gasteiger partial charge in [0.15, 0.2) is 6.10 Å². The summed E-state index contributed by atoms with van der Waals surface area (Å²) in [5.74, 6) is -2.35. The Labute approximate surface area is 132 Å². The number of carbonyl (C=O) groups excluding carboxylic acids is 1. The first-order valence-corrected chi connectivity index (χ1v) is 6.90. The van der Waals surface area contributed by atoms with Crippen molar-refractivity contribution >= 4 is 11.9 Å². The van der Waals surface area contributed by atoms with Crippen molar-refractivity contribution in [1.29, 1.82) is 0 Å². The van der Waals surface area contributed by atoms with Gasteiger partial charge in [-0.05, 0) is 6.08 Å². The van der Waals surface area contributed by atoms with Crippen molar-refractivity contribution in [2.24, 2.45) is 0 Å². The lowest BCUT2D eigenvalue weighted by Gasteiger charge is -2.39. The van der Waals surface area contributed by atoms with Crippen LogP contribution in [0, 0.1) is 0 Å². The third kappa shape index (κ3) is 5.03. The number of amides is 1. The lowest BCUT2D eigenvalue weighted by atomic mass is 9.93. The molecule has 0 spiro atoms. The number of hydrogen-bond donors (Lipinski definition) is 5. The molecule has 23 heavy (non-hydrogen) atoms. The van der Waals surface area contributed by atoms with E-state index < -0.39 is 54.7 Å². The van der Waals surface area contributed by atoms with E-state index in [1.807, 2.05) is 0 Å². The molecule has 0 aromatic heterocycles. The molecule has 5 atom stereocenters. The van der Waals surface area contributed by atoms with E-state index in [0.29, 0.717) is 0 Å². The SMILES string of the molecule is C=CCOC1C=C(C(=O)O)O[C@@H](C(O)C(O)CO)C1NC(C)=O. The topological polar surface area (TPSA) is 146 Å². The van der Waals surface area contributed by atoms with Crippen molar-refractivity contribution in [3.8, 4) is 0 Å². The van der Waals surface area contributed by atoms with Crippen molar-refractivity contribution < 1.29 is 39.5 Å². The quantitative estimate of drug-likeness (QED) is 0.326. The second-order valence-corrected chi connectivity index (χ2v) is 4.97. The zero-order chi connectivity index (χ0) is 17.6. The molecule has 1 rings (SSSR count). The summed E-state index contributed by atoms with van der Waals surface area (Å²) in [5.41, 5.74) is 0. The highest BCUT2D eigenvalue weighted by Crippen LogP contribution is 2.24. The van der Waals surface area contributed by atoms with Gasteiger partial charge in [0.25, 0.3) is 0 Å². The Balaban J connectivity index is 3.16. The fraction of sp³-hybridized carbons (Fsp3) is 0.571. The van der Waals surface area contributed by atoms with Gasteiger partial charge in [-0.2, -0.15) is 0 Å². The first kappa shape index (κ1) is 19.1. The Bertz CT molecular complexity index is 477. The minimum atomic E-state index is -1.64. The maximum atomic E-state index is 11.4. The molecule has 0 aromatic rings. The number of aliphatic carboxylic acids is 1. The molecule has 4 unspecified atom stereocenters. The number of nitrogens with one attached hydrogen (secondary N) is 1. The van der Waals surface area contributed by atoms with Crippen LogP contribution in [0.1, 0.15) is 6.92 Å². The van der Waals surface area contributed by atoms with Crippen LogP contribution < -0.4 is 5.32 Å². The molecule has 1 heterocycles. The number of rotatable bonds is 8. The summed E-state index contributed by atoms with van der Waals surface area (Å²) in [6.45, 7) is 4.01. The standard InChI is InChI=1S/C14H21NO8/c1-3-4-22-9-5-10(14(20)21)23-13(11(9)15-7(2)17)12(19)8(18)6-16/h3,5,8-9,11-13,16,18-19H,1,4,6H2,2H3,(H,15,17)(H,20,21)/t8?,9?,11?,12?,13-/m1/s1.